The van der Waals surface area contributed by atoms with Crippen LogP contribution in [0.2, 0.25) is 0 Å². The molecule has 0 fully saturated rings. The fourth-order valence-electron chi connectivity index (χ4n) is 5.51. The quantitative estimate of drug-likeness (QED) is 0.310. The van der Waals surface area contributed by atoms with Gasteiger partial charge >= 0.3 is 0 Å². The Bertz CT molecular complexity index is 1580. The molecule has 0 saturated carbocycles. The number of carbonyl (C=O) groups excluding carboxylic acids is 5. The molecule has 0 unspecified atom stereocenters. The first kappa shape index (κ1) is 35.8. The Hall–Kier alpha value is -5.06. The molecule has 3 aromatic rings. The van der Waals surface area contributed by atoms with E-state index >= 15 is 0 Å². The molecule has 3 heterocycles. The van der Waals surface area contributed by atoms with Crippen molar-refractivity contribution < 1.29 is 24.0 Å². The van der Waals surface area contributed by atoms with Gasteiger partial charge in [0.25, 0.3) is 11.8 Å². The van der Waals surface area contributed by atoms with Crippen molar-refractivity contribution in [2.24, 2.45) is 5.92 Å². The molecule has 48 heavy (non-hydrogen) atoms. The molecule has 11 nitrogen and oxygen atoms in total. The number of amides is 5. The molecule has 0 aliphatic carbocycles. The number of hydrogen-bond donors (Lipinski definition) is 4. The Morgan fingerprint density at radius 1 is 0.833 bits per heavy atom. The van der Waals surface area contributed by atoms with E-state index in [0.717, 1.165) is 16.8 Å². The topological polar surface area (TPSA) is 150 Å². The number of nitrogens with zero attached hydrogens (tertiary/aromatic N) is 2. The van der Waals surface area contributed by atoms with E-state index in [1.807, 2.05) is 57.2 Å². The number of nitrogens with one attached hydrogen (secondary N) is 4. The normalized spacial score (nSPS) is 20.3. The van der Waals surface area contributed by atoms with Crippen molar-refractivity contribution in [2.75, 3.05) is 13.1 Å². The second kappa shape index (κ2) is 17.2. The number of fused-ring (bicyclic) bond motifs is 18. The molecule has 254 valence electrons. The molecule has 2 bridgehead atoms. The third-order valence-electron chi connectivity index (χ3n) is 8.13. The van der Waals surface area contributed by atoms with Crippen molar-refractivity contribution in [1.29, 1.82) is 0 Å². The average Bonchev–Trinajstić information content (AvgIpc) is 3.06. The van der Waals surface area contributed by atoms with Gasteiger partial charge in [0.15, 0.2) is 0 Å². The number of pyridine rings is 1. The zero-order valence-corrected chi connectivity index (χ0v) is 28.1. The molecular formula is C37H46N6O5. The Morgan fingerprint density at radius 3 is 2.23 bits per heavy atom. The first-order chi connectivity index (χ1) is 23.0. The van der Waals surface area contributed by atoms with Gasteiger partial charge in [-0.3, -0.25) is 24.0 Å². The highest BCUT2D eigenvalue weighted by molar-refractivity contribution is 5.99. The molecule has 2 aliphatic heterocycles. The largest absolute Gasteiger partial charge is 0.354 e. The van der Waals surface area contributed by atoms with Crippen LogP contribution in [-0.2, 0) is 27.3 Å². The van der Waals surface area contributed by atoms with E-state index < -0.39 is 35.8 Å². The maximum absolute atomic E-state index is 13.7. The minimum Gasteiger partial charge on any atom is -0.354 e. The predicted octanol–water partition coefficient (Wildman–Crippen LogP) is 3.32. The van der Waals surface area contributed by atoms with Crippen LogP contribution in [0.5, 0.6) is 0 Å². The lowest BCUT2D eigenvalue weighted by Gasteiger charge is -2.25. The van der Waals surface area contributed by atoms with Crippen molar-refractivity contribution in [3.8, 4) is 0 Å². The second-order valence-electron chi connectivity index (χ2n) is 12.7. The minimum atomic E-state index is -0.980. The lowest BCUT2D eigenvalue weighted by molar-refractivity contribution is -0.132. The molecular weight excluding hydrogens is 608 g/mol. The second-order valence-corrected chi connectivity index (χ2v) is 12.7. The summed E-state index contributed by atoms with van der Waals surface area (Å²) in [5.74, 6) is -1.94. The highest BCUT2D eigenvalue weighted by atomic mass is 16.2. The first-order valence-electron chi connectivity index (χ1n) is 16.5. The van der Waals surface area contributed by atoms with Crippen LogP contribution in [0.4, 0.5) is 0 Å². The van der Waals surface area contributed by atoms with Gasteiger partial charge < -0.3 is 26.2 Å². The molecule has 5 rings (SSSR count). The van der Waals surface area contributed by atoms with Crippen LogP contribution in [-0.4, -0.2) is 70.6 Å². The molecule has 11 heteroatoms. The number of carbonyl (C=O) groups is 5. The van der Waals surface area contributed by atoms with Crippen LogP contribution in [0, 0.1) is 12.8 Å². The number of rotatable bonds is 5. The zero-order chi connectivity index (χ0) is 34.6. The molecule has 2 aromatic carbocycles. The lowest BCUT2D eigenvalue weighted by Crippen LogP contribution is -2.57. The van der Waals surface area contributed by atoms with Gasteiger partial charge in [-0.2, -0.15) is 0 Å². The summed E-state index contributed by atoms with van der Waals surface area (Å²) in [5, 5.41) is 11.3. The number of aryl methyl sites for hydroxylation is 1. The summed E-state index contributed by atoms with van der Waals surface area (Å²) >= 11 is 0. The fraction of sp³-hybridized carbons (Fsp3) is 0.405. The average molecular weight is 655 g/mol. The molecule has 4 N–H and O–H groups in total. The van der Waals surface area contributed by atoms with Crippen molar-refractivity contribution >= 4 is 29.5 Å². The van der Waals surface area contributed by atoms with Gasteiger partial charge in [-0.1, -0.05) is 62.4 Å². The smallest absolute Gasteiger partial charge is 0.272 e. The van der Waals surface area contributed by atoms with E-state index in [9.17, 15) is 24.0 Å². The van der Waals surface area contributed by atoms with E-state index in [0.29, 0.717) is 50.2 Å². The summed E-state index contributed by atoms with van der Waals surface area (Å²) in [7, 11) is 0. The van der Waals surface area contributed by atoms with E-state index in [2.05, 4.69) is 26.3 Å². The number of aromatic nitrogens is 1. The maximum atomic E-state index is 13.7. The molecule has 0 radical (unpaired) electrons. The Kier molecular flexibility index (Phi) is 12.8. The lowest BCUT2D eigenvalue weighted by atomic mass is 10.0. The Morgan fingerprint density at radius 2 is 1.54 bits per heavy atom. The van der Waals surface area contributed by atoms with Gasteiger partial charge in [0, 0.05) is 37.3 Å². The van der Waals surface area contributed by atoms with Crippen molar-refractivity contribution in [2.45, 2.75) is 78.0 Å². The summed E-state index contributed by atoms with van der Waals surface area (Å²) in [6, 6.07) is 18.8. The molecule has 3 atom stereocenters. The summed E-state index contributed by atoms with van der Waals surface area (Å²) in [6.45, 7) is 8.38. The van der Waals surface area contributed by atoms with Gasteiger partial charge in [-0.15, -0.1) is 0 Å². The monoisotopic (exact) mass is 654 g/mol. The van der Waals surface area contributed by atoms with Gasteiger partial charge in [-0.25, -0.2) is 4.98 Å². The third kappa shape index (κ3) is 10.5. The number of benzene rings is 2. The number of hydrogen-bond acceptors (Lipinski definition) is 6. The minimum absolute atomic E-state index is 0.0634. The van der Waals surface area contributed by atoms with Gasteiger partial charge in [-0.05, 0) is 74.4 Å². The SMILES string of the molecule is Cc1cccc(C(=O)N2CCCCNC(=O)[C@@H](C)NC(=O)[C@H](CC(C)C)NC(=O)[C@@H](Cc3ccccc3)NC(=O)c3ccc(cc3)C2)n1. The van der Waals surface area contributed by atoms with Crippen LogP contribution >= 0.6 is 0 Å². The zero-order valence-electron chi connectivity index (χ0n) is 28.1. The van der Waals surface area contributed by atoms with E-state index in [1.165, 1.54) is 0 Å². The molecule has 5 amide bonds. The van der Waals surface area contributed by atoms with E-state index in [1.54, 1.807) is 48.2 Å². The van der Waals surface area contributed by atoms with E-state index in [4.69, 9.17) is 0 Å². The van der Waals surface area contributed by atoms with Gasteiger partial charge in [0.2, 0.25) is 17.7 Å². The van der Waals surface area contributed by atoms with E-state index in [-0.39, 0.29) is 24.2 Å². The van der Waals surface area contributed by atoms with Crippen LogP contribution < -0.4 is 21.3 Å². The summed E-state index contributed by atoms with van der Waals surface area (Å²) in [5.41, 5.74) is 3.08. The van der Waals surface area contributed by atoms with Crippen LogP contribution in [0.15, 0.2) is 72.8 Å². The summed E-state index contributed by atoms with van der Waals surface area (Å²) < 4.78 is 0. The molecule has 1 aromatic heterocycles. The molecule has 0 saturated heterocycles. The highest BCUT2D eigenvalue weighted by Crippen LogP contribution is 2.14. The first-order valence-corrected chi connectivity index (χ1v) is 16.5. The van der Waals surface area contributed by atoms with Crippen LogP contribution in [0.25, 0.3) is 0 Å². The Labute approximate surface area is 282 Å². The van der Waals surface area contributed by atoms with Crippen LogP contribution in [0.1, 0.15) is 77.7 Å². The van der Waals surface area contributed by atoms with Gasteiger partial charge in [0.05, 0.1) is 0 Å². The van der Waals surface area contributed by atoms with Gasteiger partial charge in [0.1, 0.15) is 23.8 Å². The predicted molar refractivity (Wildman–Crippen MR) is 183 cm³/mol. The highest BCUT2D eigenvalue weighted by Gasteiger charge is 2.29. The molecule has 0 spiro atoms. The Balaban J connectivity index is 1.62. The van der Waals surface area contributed by atoms with Crippen molar-refractivity contribution in [3.63, 3.8) is 0 Å². The summed E-state index contributed by atoms with van der Waals surface area (Å²) in [6.07, 6.45) is 1.76. The standard InChI is InChI=1S/C37H46N6O5/c1-24(2)21-31-35(46)40-26(4)33(44)38-19-8-9-20-43(37(48)30-14-10-11-25(3)39-30)23-28-15-17-29(18-16-28)34(45)41-32(36(47)42-31)22-27-12-6-5-7-13-27/h5-7,10-18,24,26,31-32H,8-9,19-23H2,1-4H3,(H,38,44)(H,40,46)(H,41,45)(H,42,47)/t26-,31+,32-/m1/s1. The maximum Gasteiger partial charge on any atom is 0.272 e. The van der Waals surface area contributed by atoms with Crippen LogP contribution in [0.3, 0.4) is 0 Å². The third-order valence-corrected chi connectivity index (χ3v) is 8.13. The molecule has 2 aliphatic rings. The fourth-order valence-corrected chi connectivity index (χ4v) is 5.51. The summed E-state index contributed by atoms with van der Waals surface area (Å²) in [4.78, 5) is 73.1. The van der Waals surface area contributed by atoms with Crippen molar-refractivity contribution in [1.82, 2.24) is 31.2 Å². The van der Waals surface area contributed by atoms with Crippen molar-refractivity contribution in [3.05, 3.63) is 101 Å².